The number of ether oxygens (including phenoxy) is 1. The van der Waals surface area contributed by atoms with E-state index in [2.05, 4.69) is 4.98 Å². The van der Waals surface area contributed by atoms with Crippen molar-refractivity contribution < 1.29 is 9.53 Å². The molecule has 1 heterocycles. The third kappa shape index (κ3) is 4.73. The number of hydrogen-bond donors (Lipinski definition) is 0. The SMILES string of the molecule is CC(C)C(OC(=O)c1cccnc1)c1ccc(Cl)cc1.Cl. The zero-order chi connectivity index (χ0) is 14.5. The van der Waals surface area contributed by atoms with Crippen molar-refractivity contribution in [2.45, 2.75) is 20.0 Å². The van der Waals surface area contributed by atoms with Crippen LogP contribution in [0.3, 0.4) is 0 Å². The van der Waals surface area contributed by atoms with Crippen LogP contribution in [0.2, 0.25) is 5.02 Å². The van der Waals surface area contributed by atoms with Gasteiger partial charge in [0.2, 0.25) is 0 Å². The van der Waals surface area contributed by atoms with Gasteiger partial charge >= 0.3 is 5.97 Å². The Morgan fingerprint density at radius 2 is 1.86 bits per heavy atom. The van der Waals surface area contributed by atoms with Gasteiger partial charge in [0.1, 0.15) is 6.10 Å². The summed E-state index contributed by atoms with van der Waals surface area (Å²) in [4.78, 5) is 16.0. The molecule has 0 aliphatic carbocycles. The van der Waals surface area contributed by atoms with Crippen LogP contribution in [0.5, 0.6) is 0 Å². The first-order chi connectivity index (χ1) is 9.58. The van der Waals surface area contributed by atoms with Crippen molar-refractivity contribution >= 4 is 30.0 Å². The lowest BCUT2D eigenvalue weighted by atomic mass is 9.99. The van der Waals surface area contributed by atoms with Gasteiger partial charge in [0, 0.05) is 17.4 Å². The summed E-state index contributed by atoms with van der Waals surface area (Å²) in [6.45, 7) is 4.02. The van der Waals surface area contributed by atoms with Crippen molar-refractivity contribution in [2.24, 2.45) is 5.92 Å². The minimum Gasteiger partial charge on any atom is -0.454 e. The largest absolute Gasteiger partial charge is 0.454 e. The third-order valence-electron chi connectivity index (χ3n) is 2.94. The maximum atomic E-state index is 12.1. The zero-order valence-electron chi connectivity index (χ0n) is 11.8. The Kier molecular flexibility index (Phi) is 6.66. The van der Waals surface area contributed by atoms with Crippen LogP contribution in [0.15, 0.2) is 48.8 Å². The summed E-state index contributed by atoms with van der Waals surface area (Å²) in [5.74, 6) is -0.205. The normalized spacial score (nSPS) is 11.6. The number of pyridine rings is 1. The molecule has 0 radical (unpaired) electrons. The van der Waals surface area contributed by atoms with E-state index in [0.29, 0.717) is 10.6 Å². The molecule has 2 aromatic rings. The fourth-order valence-electron chi connectivity index (χ4n) is 1.91. The third-order valence-corrected chi connectivity index (χ3v) is 3.19. The fourth-order valence-corrected chi connectivity index (χ4v) is 2.03. The second-order valence-corrected chi connectivity index (χ2v) is 5.30. The lowest BCUT2D eigenvalue weighted by Gasteiger charge is -2.22. The molecule has 0 spiro atoms. The summed E-state index contributed by atoms with van der Waals surface area (Å²) >= 11 is 5.88. The molecule has 1 unspecified atom stereocenters. The van der Waals surface area contributed by atoms with Crippen molar-refractivity contribution in [3.05, 3.63) is 64.9 Å². The van der Waals surface area contributed by atoms with Crippen LogP contribution in [0.25, 0.3) is 0 Å². The van der Waals surface area contributed by atoms with Gasteiger partial charge in [0.15, 0.2) is 0 Å². The average molecular weight is 326 g/mol. The molecular formula is C16H17Cl2NO2. The van der Waals surface area contributed by atoms with Gasteiger partial charge in [0.05, 0.1) is 5.56 Å². The fraction of sp³-hybridized carbons (Fsp3) is 0.250. The number of hydrogen-bond acceptors (Lipinski definition) is 3. The van der Waals surface area contributed by atoms with E-state index in [4.69, 9.17) is 16.3 Å². The van der Waals surface area contributed by atoms with Crippen LogP contribution in [0.1, 0.15) is 35.9 Å². The van der Waals surface area contributed by atoms with Crippen LogP contribution in [0, 0.1) is 5.92 Å². The van der Waals surface area contributed by atoms with E-state index in [1.807, 2.05) is 26.0 Å². The summed E-state index contributed by atoms with van der Waals surface area (Å²) < 4.78 is 5.60. The number of esters is 1. The zero-order valence-corrected chi connectivity index (χ0v) is 13.4. The lowest BCUT2D eigenvalue weighted by Crippen LogP contribution is -2.16. The van der Waals surface area contributed by atoms with Crippen LogP contribution < -0.4 is 0 Å². The number of nitrogens with zero attached hydrogens (tertiary/aromatic N) is 1. The maximum absolute atomic E-state index is 12.1. The molecule has 0 bridgehead atoms. The Bertz CT molecular complexity index is 571. The quantitative estimate of drug-likeness (QED) is 0.764. The second-order valence-electron chi connectivity index (χ2n) is 4.86. The number of carbonyl (C=O) groups excluding carboxylic acids is 1. The number of aromatic nitrogens is 1. The topological polar surface area (TPSA) is 39.2 Å². The van der Waals surface area contributed by atoms with Crippen LogP contribution in [-0.2, 0) is 4.74 Å². The molecule has 0 saturated carbocycles. The van der Waals surface area contributed by atoms with Gasteiger partial charge in [-0.2, -0.15) is 0 Å². The molecule has 112 valence electrons. The Balaban J connectivity index is 0.00000220. The molecular weight excluding hydrogens is 309 g/mol. The van der Waals surface area contributed by atoms with Gasteiger partial charge in [-0.1, -0.05) is 37.6 Å². The van der Waals surface area contributed by atoms with Crippen molar-refractivity contribution in [3.8, 4) is 0 Å². The van der Waals surface area contributed by atoms with Crippen LogP contribution in [0.4, 0.5) is 0 Å². The highest BCUT2D eigenvalue weighted by Crippen LogP contribution is 2.27. The van der Waals surface area contributed by atoms with E-state index >= 15 is 0 Å². The van der Waals surface area contributed by atoms with Gasteiger partial charge < -0.3 is 4.74 Å². The Hall–Kier alpha value is -1.58. The van der Waals surface area contributed by atoms with Gasteiger partial charge in [-0.15, -0.1) is 12.4 Å². The molecule has 1 aromatic heterocycles. The number of rotatable bonds is 4. The summed E-state index contributed by atoms with van der Waals surface area (Å²) in [5.41, 5.74) is 1.38. The first-order valence-electron chi connectivity index (χ1n) is 6.44. The molecule has 0 aliphatic heterocycles. The molecule has 3 nitrogen and oxygen atoms in total. The summed E-state index contributed by atoms with van der Waals surface area (Å²) in [6, 6.07) is 10.7. The Morgan fingerprint density at radius 3 is 2.38 bits per heavy atom. The minimum absolute atomic E-state index is 0. The van der Waals surface area contributed by atoms with Gasteiger partial charge in [-0.05, 0) is 35.7 Å². The highest BCUT2D eigenvalue weighted by molar-refractivity contribution is 6.30. The van der Waals surface area contributed by atoms with Crippen molar-refractivity contribution in [2.75, 3.05) is 0 Å². The molecule has 1 aromatic carbocycles. The van der Waals surface area contributed by atoms with E-state index in [1.165, 1.54) is 6.20 Å². The smallest absolute Gasteiger partial charge is 0.340 e. The average Bonchev–Trinajstić information content (AvgIpc) is 2.46. The highest BCUT2D eigenvalue weighted by atomic mass is 35.5. The molecule has 0 amide bonds. The van der Waals surface area contributed by atoms with Crippen molar-refractivity contribution in [3.63, 3.8) is 0 Å². The minimum atomic E-state index is -0.369. The lowest BCUT2D eigenvalue weighted by molar-refractivity contribution is 0.0176. The summed E-state index contributed by atoms with van der Waals surface area (Å²) in [6.07, 6.45) is 2.82. The summed E-state index contributed by atoms with van der Waals surface area (Å²) in [7, 11) is 0. The predicted molar refractivity (Wildman–Crippen MR) is 85.9 cm³/mol. The highest BCUT2D eigenvalue weighted by Gasteiger charge is 2.21. The molecule has 0 aliphatic rings. The standard InChI is InChI=1S/C16H16ClNO2.ClH/c1-11(2)15(12-5-7-14(17)8-6-12)20-16(19)13-4-3-9-18-10-13;/h3-11,15H,1-2H3;1H. The Morgan fingerprint density at radius 1 is 1.19 bits per heavy atom. The van der Waals surface area contributed by atoms with E-state index < -0.39 is 0 Å². The molecule has 1 atom stereocenters. The number of benzene rings is 1. The molecule has 0 N–H and O–H groups in total. The van der Waals surface area contributed by atoms with E-state index in [-0.39, 0.29) is 30.4 Å². The molecule has 0 saturated heterocycles. The molecule has 2 rings (SSSR count). The Labute approximate surface area is 135 Å². The maximum Gasteiger partial charge on any atom is 0.340 e. The first kappa shape index (κ1) is 17.5. The second kappa shape index (κ2) is 8.01. The van der Waals surface area contributed by atoms with Gasteiger partial charge in [0.25, 0.3) is 0 Å². The van der Waals surface area contributed by atoms with Crippen LogP contribution in [-0.4, -0.2) is 11.0 Å². The van der Waals surface area contributed by atoms with E-state index in [0.717, 1.165) is 5.56 Å². The summed E-state index contributed by atoms with van der Waals surface area (Å²) in [5, 5.41) is 0.662. The van der Waals surface area contributed by atoms with Gasteiger partial charge in [-0.25, -0.2) is 4.79 Å². The molecule has 21 heavy (non-hydrogen) atoms. The molecule has 0 fully saturated rings. The van der Waals surface area contributed by atoms with Crippen LogP contribution >= 0.6 is 24.0 Å². The first-order valence-corrected chi connectivity index (χ1v) is 6.82. The molecule has 5 heteroatoms. The van der Waals surface area contributed by atoms with Crippen molar-refractivity contribution in [1.82, 2.24) is 4.98 Å². The monoisotopic (exact) mass is 325 g/mol. The van der Waals surface area contributed by atoms with Gasteiger partial charge in [-0.3, -0.25) is 4.98 Å². The predicted octanol–water partition coefficient (Wildman–Crippen LogP) is 4.71. The van der Waals surface area contributed by atoms with E-state index in [1.54, 1.807) is 30.5 Å². The number of halogens is 2. The van der Waals surface area contributed by atoms with Crippen molar-refractivity contribution in [1.29, 1.82) is 0 Å². The van der Waals surface area contributed by atoms with E-state index in [9.17, 15) is 4.79 Å². The number of carbonyl (C=O) groups is 1.